The van der Waals surface area contributed by atoms with Crippen molar-refractivity contribution in [2.24, 2.45) is 0 Å². The van der Waals surface area contributed by atoms with Crippen molar-refractivity contribution >= 4 is 5.91 Å². The lowest BCUT2D eigenvalue weighted by Crippen LogP contribution is -2.49. The van der Waals surface area contributed by atoms with Crippen LogP contribution in [0.4, 0.5) is 0 Å². The quantitative estimate of drug-likeness (QED) is 0.829. The number of nitrogens with zero attached hydrogens (tertiary/aromatic N) is 2. The van der Waals surface area contributed by atoms with Crippen LogP contribution in [0.1, 0.15) is 41.3 Å². The molecule has 1 amide bonds. The van der Waals surface area contributed by atoms with Crippen molar-refractivity contribution in [3.63, 3.8) is 0 Å². The average molecular weight is 336 g/mol. The summed E-state index contributed by atoms with van der Waals surface area (Å²) in [5, 5.41) is 0. The summed E-state index contributed by atoms with van der Waals surface area (Å²) in [5.41, 5.74) is 3.47. The largest absolute Gasteiger partial charge is 0.336 e. The van der Waals surface area contributed by atoms with Gasteiger partial charge in [-0.1, -0.05) is 56.3 Å². The normalized spacial score (nSPS) is 15.6. The third-order valence-corrected chi connectivity index (χ3v) is 5.04. The summed E-state index contributed by atoms with van der Waals surface area (Å²) in [6.45, 7) is 8.97. The number of benzene rings is 2. The molecular formula is C22H28N2O. The Hall–Kier alpha value is -2.13. The molecular weight excluding hydrogens is 308 g/mol. The number of carbonyl (C=O) groups is 1. The van der Waals surface area contributed by atoms with Gasteiger partial charge in [0.15, 0.2) is 0 Å². The number of rotatable bonds is 5. The molecule has 0 spiro atoms. The van der Waals surface area contributed by atoms with Gasteiger partial charge in [-0.15, -0.1) is 0 Å². The van der Waals surface area contributed by atoms with Crippen LogP contribution in [0.5, 0.6) is 0 Å². The minimum Gasteiger partial charge on any atom is -0.336 e. The lowest BCUT2D eigenvalue weighted by molar-refractivity contribution is 0.0638. The molecule has 1 aliphatic rings. The van der Waals surface area contributed by atoms with E-state index in [1.165, 1.54) is 11.1 Å². The molecule has 0 N–H and O–H groups in total. The predicted molar refractivity (Wildman–Crippen MR) is 103 cm³/mol. The maximum Gasteiger partial charge on any atom is 0.253 e. The first kappa shape index (κ1) is 17.7. The zero-order chi connectivity index (χ0) is 17.6. The summed E-state index contributed by atoms with van der Waals surface area (Å²) in [5.74, 6) is 0.662. The fourth-order valence-electron chi connectivity index (χ4n) is 3.30. The Bertz CT molecular complexity index is 671. The second-order valence-electron chi connectivity index (χ2n) is 7.15. The van der Waals surface area contributed by atoms with E-state index in [-0.39, 0.29) is 5.91 Å². The highest BCUT2D eigenvalue weighted by molar-refractivity contribution is 5.94. The Morgan fingerprint density at radius 2 is 1.56 bits per heavy atom. The van der Waals surface area contributed by atoms with Gasteiger partial charge in [0.25, 0.3) is 5.91 Å². The Morgan fingerprint density at radius 1 is 0.920 bits per heavy atom. The molecule has 0 aromatic heterocycles. The highest BCUT2D eigenvalue weighted by Gasteiger charge is 2.21. The van der Waals surface area contributed by atoms with Gasteiger partial charge in [0.05, 0.1) is 0 Å². The van der Waals surface area contributed by atoms with Gasteiger partial charge in [-0.2, -0.15) is 0 Å². The third-order valence-electron chi connectivity index (χ3n) is 5.04. The van der Waals surface area contributed by atoms with E-state index in [2.05, 4.69) is 61.2 Å². The zero-order valence-electron chi connectivity index (χ0n) is 15.3. The Balaban J connectivity index is 1.49. The second kappa shape index (κ2) is 8.30. The molecule has 3 nitrogen and oxygen atoms in total. The molecule has 0 bridgehead atoms. The van der Waals surface area contributed by atoms with Gasteiger partial charge in [0.1, 0.15) is 0 Å². The fourth-order valence-corrected chi connectivity index (χ4v) is 3.30. The smallest absolute Gasteiger partial charge is 0.253 e. The molecule has 132 valence electrons. The Labute approximate surface area is 151 Å². The molecule has 0 atom stereocenters. The highest BCUT2D eigenvalue weighted by Crippen LogP contribution is 2.16. The van der Waals surface area contributed by atoms with E-state index in [0.29, 0.717) is 5.92 Å². The molecule has 0 radical (unpaired) electrons. The minimum absolute atomic E-state index is 0.165. The van der Waals surface area contributed by atoms with Gasteiger partial charge in [-0.3, -0.25) is 9.69 Å². The van der Waals surface area contributed by atoms with Crippen LogP contribution in [0.25, 0.3) is 0 Å². The van der Waals surface area contributed by atoms with Crippen molar-refractivity contribution in [1.82, 2.24) is 9.80 Å². The van der Waals surface area contributed by atoms with Crippen molar-refractivity contribution in [1.29, 1.82) is 0 Å². The topological polar surface area (TPSA) is 23.6 Å². The average Bonchev–Trinajstić information content (AvgIpc) is 2.67. The van der Waals surface area contributed by atoms with Crippen LogP contribution in [-0.4, -0.2) is 48.4 Å². The highest BCUT2D eigenvalue weighted by atomic mass is 16.2. The molecule has 1 fully saturated rings. The van der Waals surface area contributed by atoms with Crippen LogP contribution in [-0.2, 0) is 6.42 Å². The summed E-state index contributed by atoms with van der Waals surface area (Å²) in [6.07, 6.45) is 1.07. The molecule has 1 aliphatic heterocycles. The number of hydrogen-bond donors (Lipinski definition) is 0. The monoisotopic (exact) mass is 336 g/mol. The number of carbonyl (C=O) groups excluding carboxylic acids is 1. The van der Waals surface area contributed by atoms with Crippen molar-refractivity contribution in [2.75, 3.05) is 32.7 Å². The van der Waals surface area contributed by atoms with Gasteiger partial charge in [0.2, 0.25) is 0 Å². The Kier molecular flexibility index (Phi) is 5.87. The van der Waals surface area contributed by atoms with E-state index >= 15 is 0 Å². The molecule has 1 heterocycles. The molecule has 0 unspecified atom stereocenters. The molecule has 2 aromatic carbocycles. The van der Waals surface area contributed by atoms with E-state index in [4.69, 9.17) is 0 Å². The first-order valence-corrected chi connectivity index (χ1v) is 9.29. The lowest BCUT2D eigenvalue weighted by Gasteiger charge is -2.34. The maximum absolute atomic E-state index is 12.7. The zero-order valence-corrected chi connectivity index (χ0v) is 15.3. The van der Waals surface area contributed by atoms with Crippen LogP contribution >= 0.6 is 0 Å². The minimum atomic E-state index is 0.165. The van der Waals surface area contributed by atoms with Gasteiger partial charge in [-0.25, -0.2) is 0 Å². The van der Waals surface area contributed by atoms with E-state index < -0.39 is 0 Å². The number of piperazine rings is 1. The van der Waals surface area contributed by atoms with Gasteiger partial charge < -0.3 is 4.90 Å². The summed E-state index contributed by atoms with van der Waals surface area (Å²) in [6, 6.07) is 18.7. The van der Waals surface area contributed by atoms with Crippen LogP contribution < -0.4 is 0 Å². The molecule has 1 saturated heterocycles. The van der Waals surface area contributed by atoms with E-state index in [9.17, 15) is 4.79 Å². The first-order chi connectivity index (χ1) is 12.1. The Morgan fingerprint density at radius 3 is 2.16 bits per heavy atom. The van der Waals surface area contributed by atoms with Crippen molar-refractivity contribution < 1.29 is 4.79 Å². The summed E-state index contributed by atoms with van der Waals surface area (Å²) < 4.78 is 0. The summed E-state index contributed by atoms with van der Waals surface area (Å²) in [7, 11) is 0. The summed E-state index contributed by atoms with van der Waals surface area (Å²) >= 11 is 0. The van der Waals surface area contributed by atoms with Gasteiger partial charge in [0, 0.05) is 38.3 Å². The third kappa shape index (κ3) is 4.70. The van der Waals surface area contributed by atoms with Crippen LogP contribution in [0, 0.1) is 0 Å². The van der Waals surface area contributed by atoms with E-state index in [1.54, 1.807) is 0 Å². The maximum atomic E-state index is 12.7. The lowest BCUT2D eigenvalue weighted by atomic mass is 10.0. The van der Waals surface area contributed by atoms with E-state index in [1.807, 2.05) is 17.0 Å². The molecule has 25 heavy (non-hydrogen) atoms. The molecule has 3 rings (SSSR count). The van der Waals surface area contributed by atoms with Gasteiger partial charge in [-0.05, 0) is 35.6 Å². The van der Waals surface area contributed by atoms with Crippen LogP contribution in [0.15, 0.2) is 54.6 Å². The van der Waals surface area contributed by atoms with Crippen molar-refractivity contribution in [3.8, 4) is 0 Å². The van der Waals surface area contributed by atoms with Gasteiger partial charge >= 0.3 is 0 Å². The van der Waals surface area contributed by atoms with Crippen LogP contribution in [0.3, 0.4) is 0 Å². The standard InChI is InChI=1S/C22H28N2O/c1-18(2)20-8-10-21(11-9-20)22(25)24-16-14-23(15-17-24)13-12-19-6-4-3-5-7-19/h3-11,18H,12-17H2,1-2H3. The van der Waals surface area contributed by atoms with Crippen molar-refractivity contribution in [3.05, 3.63) is 71.3 Å². The molecule has 0 aliphatic carbocycles. The fraction of sp³-hybridized carbons (Fsp3) is 0.409. The molecule has 3 heteroatoms. The summed E-state index contributed by atoms with van der Waals surface area (Å²) in [4.78, 5) is 17.1. The molecule has 0 saturated carbocycles. The SMILES string of the molecule is CC(C)c1ccc(C(=O)N2CCN(CCc3ccccc3)CC2)cc1. The predicted octanol–water partition coefficient (Wildman–Crippen LogP) is 3.81. The van der Waals surface area contributed by atoms with E-state index in [0.717, 1.165) is 44.7 Å². The number of amides is 1. The molecule has 2 aromatic rings. The first-order valence-electron chi connectivity index (χ1n) is 9.29. The van der Waals surface area contributed by atoms with Crippen LogP contribution in [0.2, 0.25) is 0 Å². The second-order valence-corrected chi connectivity index (χ2v) is 7.15. The van der Waals surface area contributed by atoms with Crippen molar-refractivity contribution in [2.45, 2.75) is 26.2 Å². The number of hydrogen-bond acceptors (Lipinski definition) is 2.